The first-order chi connectivity index (χ1) is 20.3. The van der Waals surface area contributed by atoms with E-state index in [4.69, 9.17) is 9.72 Å². The summed E-state index contributed by atoms with van der Waals surface area (Å²) >= 11 is 3.59. The second-order valence-corrected chi connectivity index (χ2v) is 11.5. The fraction of sp³-hybridized carbons (Fsp3) is 0.344. The molecule has 42 heavy (non-hydrogen) atoms. The minimum absolute atomic E-state index is 0.152. The highest BCUT2D eigenvalue weighted by atomic mass is 79.9. The van der Waals surface area contributed by atoms with Crippen LogP contribution in [-0.4, -0.2) is 65.7 Å². The molecule has 4 aromatic rings. The fourth-order valence-corrected chi connectivity index (χ4v) is 5.85. The monoisotopic (exact) mass is 631 g/mol. The minimum Gasteiger partial charge on any atom is -0.494 e. The minimum atomic E-state index is -0.152. The largest absolute Gasteiger partial charge is 0.494 e. The van der Waals surface area contributed by atoms with Gasteiger partial charge in [-0.25, -0.2) is 9.97 Å². The molecule has 10 heteroatoms. The van der Waals surface area contributed by atoms with Gasteiger partial charge >= 0.3 is 0 Å². The van der Waals surface area contributed by atoms with Crippen LogP contribution in [0.3, 0.4) is 0 Å². The Morgan fingerprint density at radius 3 is 2.38 bits per heavy atom. The Labute approximate surface area is 256 Å². The molecule has 0 aliphatic carbocycles. The van der Waals surface area contributed by atoms with E-state index in [-0.39, 0.29) is 5.91 Å². The number of halogens is 1. The second kappa shape index (κ2) is 13.0. The third-order valence-corrected chi connectivity index (χ3v) is 8.21. The van der Waals surface area contributed by atoms with E-state index in [1.165, 1.54) is 0 Å². The van der Waals surface area contributed by atoms with Crippen LogP contribution in [0.15, 0.2) is 59.3 Å². The van der Waals surface area contributed by atoms with Gasteiger partial charge in [0.05, 0.1) is 29.7 Å². The van der Waals surface area contributed by atoms with Crippen molar-refractivity contribution >= 4 is 44.8 Å². The smallest absolute Gasteiger partial charge is 0.257 e. The number of nitrogens with one attached hydrogen (secondary N) is 2. The molecule has 1 fully saturated rings. The topological polar surface area (TPSA) is 87.6 Å². The van der Waals surface area contributed by atoms with Crippen molar-refractivity contribution in [1.29, 1.82) is 0 Å². The van der Waals surface area contributed by atoms with Crippen LogP contribution in [0.1, 0.15) is 35.3 Å². The zero-order chi connectivity index (χ0) is 29.8. The lowest BCUT2D eigenvalue weighted by Gasteiger charge is -2.34. The lowest BCUT2D eigenvalue weighted by Crippen LogP contribution is -2.44. The van der Waals surface area contributed by atoms with Gasteiger partial charge in [-0.05, 0) is 67.4 Å². The Morgan fingerprint density at radius 2 is 1.71 bits per heavy atom. The van der Waals surface area contributed by atoms with E-state index >= 15 is 0 Å². The highest BCUT2D eigenvalue weighted by Crippen LogP contribution is 2.33. The molecular weight excluding hydrogens is 594 g/mol. The number of carbonyl (C=O) groups is 1. The molecule has 1 aliphatic heterocycles. The number of carbonyl (C=O) groups excluding carboxylic acids is 1. The third-order valence-electron chi connectivity index (χ3n) is 7.75. The SMILES string of the molecule is CCc1cc(Br)cc(CC)c1NC(=O)c1cc(-c2ccnc(Nc3ccc(N4CCN(C)CC4)cc3OC)n2)n(C)c1. The molecule has 1 saturated heterocycles. The van der Waals surface area contributed by atoms with Crippen LogP contribution in [0.5, 0.6) is 5.75 Å². The molecule has 1 aliphatic rings. The normalized spacial score (nSPS) is 13.7. The van der Waals surface area contributed by atoms with E-state index in [1.807, 2.05) is 36.0 Å². The number of aromatic nitrogens is 3. The summed E-state index contributed by atoms with van der Waals surface area (Å²) < 4.78 is 8.65. The van der Waals surface area contributed by atoms with Crippen molar-refractivity contribution in [2.45, 2.75) is 26.7 Å². The van der Waals surface area contributed by atoms with E-state index in [0.717, 1.165) is 83.1 Å². The molecule has 220 valence electrons. The molecule has 0 unspecified atom stereocenters. The van der Waals surface area contributed by atoms with Gasteiger partial charge < -0.3 is 29.7 Å². The lowest BCUT2D eigenvalue weighted by atomic mass is 10.0. The van der Waals surface area contributed by atoms with Gasteiger partial charge in [0.15, 0.2) is 0 Å². The summed E-state index contributed by atoms with van der Waals surface area (Å²) in [6.07, 6.45) is 5.19. The maximum atomic E-state index is 13.4. The van der Waals surface area contributed by atoms with E-state index in [2.05, 4.69) is 86.5 Å². The molecule has 9 nitrogen and oxygen atoms in total. The first-order valence-electron chi connectivity index (χ1n) is 14.3. The number of piperazine rings is 1. The van der Waals surface area contributed by atoms with Gasteiger partial charge in [-0.15, -0.1) is 0 Å². The molecule has 2 aromatic heterocycles. The number of likely N-dealkylation sites (N-methyl/N-ethyl adjacent to an activating group) is 1. The first-order valence-corrected chi connectivity index (χ1v) is 15.1. The van der Waals surface area contributed by atoms with Crippen LogP contribution in [0.4, 0.5) is 23.0 Å². The van der Waals surface area contributed by atoms with Gasteiger partial charge in [0, 0.05) is 67.5 Å². The van der Waals surface area contributed by atoms with Gasteiger partial charge in [-0.1, -0.05) is 29.8 Å². The van der Waals surface area contributed by atoms with Crippen molar-refractivity contribution in [3.05, 3.63) is 76.0 Å². The third kappa shape index (κ3) is 6.44. The summed E-state index contributed by atoms with van der Waals surface area (Å²) in [4.78, 5) is 27.3. The van der Waals surface area contributed by atoms with Gasteiger partial charge in [0.1, 0.15) is 5.75 Å². The lowest BCUT2D eigenvalue weighted by molar-refractivity contribution is 0.102. The first kappa shape index (κ1) is 29.6. The molecule has 1 amide bonds. The highest BCUT2D eigenvalue weighted by Gasteiger charge is 2.19. The van der Waals surface area contributed by atoms with Crippen molar-refractivity contribution < 1.29 is 9.53 Å². The molecule has 0 saturated carbocycles. The van der Waals surface area contributed by atoms with Crippen LogP contribution in [0.25, 0.3) is 11.4 Å². The van der Waals surface area contributed by atoms with Crippen LogP contribution in [-0.2, 0) is 19.9 Å². The van der Waals surface area contributed by atoms with Crippen molar-refractivity contribution in [2.75, 3.05) is 55.9 Å². The van der Waals surface area contributed by atoms with Gasteiger partial charge in [0.25, 0.3) is 5.91 Å². The molecule has 0 radical (unpaired) electrons. The maximum absolute atomic E-state index is 13.4. The number of amides is 1. The Bertz CT molecular complexity index is 1550. The standard InChI is InChI=1S/C32H38BrN7O2/c1-6-21-16-24(33)17-22(7-2)30(21)37-31(41)23-18-28(39(4)20-23)26-10-11-34-32(35-26)36-27-9-8-25(19-29(27)42-5)40-14-12-38(3)13-15-40/h8-11,16-20H,6-7,12-15H2,1-5H3,(H,37,41)(H,34,35,36). The predicted octanol–water partition coefficient (Wildman–Crippen LogP) is 6.13. The Hall–Kier alpha value is -3.89. The van der Waals surface area contributed by atoms with Crippen molar-refractivity contribution in [3.63, 3.8) is 0 Å². The fourth-order valence-electron chi connectivity index (χ4n) is 5.30. The van der Waals surface area contributed by atoms with E-state index < -0.39 is 0 Å². The number of benzene rings is 2. The molecular formula is C32H38BrN7O2. The summed E-state index contributed by atoms with van der Waals surface area (Å²) in [5.74, 6) is 1.02. The Balaban J connectivity index is 1.35. The van der Waals surface area contributed by atoms with E-state index in [0.29, 0.717) is 17.2 Å². The van der Waals surface area contributed by atoms with Crippen LogP contribution in [0, 0.1) is 0 Å². The number of nitrogens with zero attached hydrogens (tertiary/aromatic N) is 5. The molecule has 0 atom stereocenters. The maximum Gasteiger partial charge on any atom is 0.257 e. The average molecular weight is 633 g/mol. The van der Waals surface area contributed by atoms with Crippen molar-refractivity contribution in [1.82, 2.24) is 19.4 Å². The van der Waals surface area contributed by atoms with Crippen molar-refractivity contribution in [3.8, 4) is 17.1 Å². The highest BCUT2D eigenvalue weighted by molar-refractivity contribution is 9.10. The molecule has 2 N–H and O–H groups in total. The van der Waals surface area contributed by atoms with Crippen molar-refractivity contribution in [2.24, 2.45) is 7.05 Å². The number of aryl methyl sites for hydroxylation is 3. The Morgan fingerprint density at radius 1 is 1.00 bits per heavy atom. The number of rotatable bonds is 9. The summed E-state index contributed by atoms with van der Waals surface area (Å²) in [6, 6.07) is 14.0. The van der Waals surface area contributed by atoms with Crippen LogP contribution in [0.2, 0.25) is 0 Å². The average Bonchev–Trinajstić information content (AvgIpc) is 3.40. The molecule has 0 spiro atoms. The predicted molar refractivity (Wildman–Crippen MR) is 173 cm³/mol. The number of anilines is 4. The van der Waals surface area contributed by atoms with Gasteiger partial charge in [-0.3, -0.25) is 4.79 Å². The molecule has 3 heterocycles. The van der Waals surface area contributed by atoms with E-state index in [9.17, 15) is 4.79 Å². The molecule has 2 aromatic carbocycles. The van der Waals surface area contributed by atoms with E-state index in [1.54, 1.807) is 13.3 Å². The van der Waals surface area contributed by atoms with Crippen LogP contribution >= 0.6 is 15.9 Å². The van der Waals surface area contributed by atoms with Gasteiger partial charge in [0.2, 0.25) is 5.95 Å². The summed E-state index contributed by atoms with van der Waals surface area (Å²) in [5.41, 5.74) is 7.09. The molecule has 5 rings (SSSR count). The summed E-state index contributed by atoms with van der Waals surface area (Å²) in [6.45, 7) is 8.23. The number of ether oxygens (including phenoxy) is 1. The van der Waals surface area contributed by atoms with Gasteiger partial charge in [-0.2, -0.15) is 0 Å². The number of methoxy groups -OCH3 is 1. The zero-order valence-corrected chi connectivity index (χ0v) is 26.5. The Kier molecular flexibility index (Phi) is 9.13. The summed E-state index contributed by atoms with van der Waals surface area (Å²) in [5, 5.41) is 6.48. The summed E-state index contributed by atoms with van der Waals surface area (Å²) in [7, 11) is 5.73. The van der Waals surface area contributed by atoms with Crippen LogP contribution < -0.4 is 20.3 Å². The molecule has 0 bridgehead atoms. The second-order valence-electron chi connectivity index (χ2n) is 10.6. The number of hydrogen-bond donors (Lipinski definition) is 2. The number of hydrogen-bond acceptors (Lipinski definition) is 7. The zero-order valence-electron chi connectivity index (χ0n) is 24.9. The quantitative estimate of drug-likeness (QED) is 0.230.